The molecule has 39 heavy (non-hydrogen) atoms. The molecule has 1 aliphatic heterocycles. The number of thiazole rings is 1. The van der Waals surface area contributed by atoms with Crippen molar-refractivity contribution in [3.05, 3.63) is 113 Å². The molecule has 4 aromatic rings. The highest BCUT2D eigenvalue weighted by Gasteiger charge is 2.33. The maximum Gasteiger partial charge on any atom is 0.416 e. The zero-order valence-corrected chi connectivity index (χ0v) is 23.0. The standard InChI is InChI=1S/C28H20BrF3N2O4S/c1-3-37-26(36)23-15(2)33-27-34(24(23)16-7-9-19(29)10-8-16)25(35)22(39-27)14-20-11-12-21(38-20)17-5-4-6-18(13-17)28(30,31)32/h4-14,24H,3H2,1-2H3/b22-14-. The fraction of sp³-hybridized carbons (Fsp3) is 0.179. The van der Waals surface area contributed by atoms with Gasteiger partial charge in [-0.25, -0.2) is 9.79 Å². The van der Waals surface area contributed by atoms with Crippen molar-refractivity contribution in [1.82, 2.24) is 4.57 Å². The van der Waals surface area contributed by atoms with Crippen LogP contribution in [0.1, 0.15) is 36.8 Å². The molecule has 0 bridgehead atoms. The number of aromatic nitrogens is 1. The van der Waals surface area contributed by atoms with E-state index in [9.17, 15) is 22.8 Å². The molecule has 0 radical (unpaired) electrons. The number of allylic oxidation sites excluding steroid dienone is 1. The summed E-state index contributed by atoms with van der Waals surface area (Å²) in [4.78, 5) is 31.5. The number of carbonyl (C=O) groups excluding carboxylic acids is 1. The molecule has 0 aliphatic carbocycles. The van der Waals surface area contributed by atoms with E-state index in [0.717, 1.165) is 27.9 Å². The maximum atomic E-state index is 13.7. The third-order valence-electron chi connectivity index (χ3n) is 6.08. The van der Waals surface area contributed by atoms with Crippen LogP contribution < -0.4 is 14.9 Å². The van der Waals surface area contributed by atoms with Crippen LogP contribution in [-0.4, -0.2) is 17.1 Å². The fourth-order valence-corrected chi connectivity index (χ4v) is 5.61. The van der Waals surface area contributed by atoms with Gasteiger partial charge < -0.3 is 9.15 Å². The first-order valence-corrected chi connectivity index (χ1v) is 13.4. The Morgan fingerprint density at radius 3 is 2.62 bits per heavy atom. The minimum Gasteiger partial charge on any atom is -0.463 e. The lowest BCUT2D eigenvalue weighted by Crippen LogP contribution is -2.39. The average Bonchev–Trinajstić information content (AvgIpc) is 3.48. The average molecular weight is 617 g/mol. The summed E-state index contributed by atoms with van der Waals surface area (Å²) >= 11 is 4.53. The minimum absolute atomic E-state index is 0.166. The molecule has 6 nitrogen and oxygen atoms in total. The first-order valence-electron chi connectivity index (χ1n) is 11.8. The number of hydrogen-bond acceptors (Lipinski definition) is 6. The normalized spacial score (nSPS) is 15.7. The van der Waals surface area contributed by atoms with E-state index in [1.807, 2.05) is 24.3 Å². The van der Waals surface area contributed by atoms with Crippen LogP contribution in [0.2, 0.25) is 0 Å². The summed E-state index contributed by atoms with van der Waals surface area (Å²) in [6, 6.07) is 14.5. The van der Waals surface area contributed by atoms with E-state index in [1.165, 1.54) is 22.8 Å². The first kappa shape index (κ1) is 26.9. The summed E-state index contributed by atoms with van der Waals surface area (Å²) in [5.41, 5.74) is 0.496. The van der Waals surface area contributed by atoms with Gasteiger partial charge in [0.25, 0.3) is 5.56 Å². The summed E-state index contributed by atoms with van der Waals surface area (Å²) < 4.78 is 53.1. The van der Waals surface area contributed by atoms with E-state index in [0.29, 0.717) is 20.6 Å². The second-order valence-electron chi connectivity index (χ2n) is 8.63. The summed E-state index contributed by atoms with van der Waals surface area (Å²) in [7, 11) is 0. The number of benzene rings is 2. The molecule has 0 N–H and O–H groups in total. The molecule has 3 heterocycles. The smallest absolute Gasteiger partial charge is 0.416 e. The quantitative estimate of drug-likeness (QED) is 0.264. The molecule has 0 saturated heterocycles. The van der Waals surface area contributed by atoms with Crippen molar-refractivity contribution >= 4 is 39.3 Å². The molecule has 11 heteroatoms. The van der Waals surface area contributed by atoms with E-state index in [4.69, 9.17) is 9.15 Å². The largest absolute Gasteiger partial charge is 0.463 e. The number of nitrogens with zero attached hydrogens (tertiary/aromatic N) is 2. The van der Waals surface area contributed by atoms with Gasteiger partial charge in [-0.15, -0.1) is 0 Å². The fourth-order valence-electron chi connectivity index (χ4n) is 4.32. The number of fused-ring (bicyclic) bond motifs is 1. The van der Waals surface area contributed by atoms with E-state index in [1.54, 1.807) is 26.0 Å². The predicted molar refractivity (Wildman–Crippen MR) is 144 cm³/mol. The van der Waals surface area contributed by atoms with Crippen molar-refractivity contribution in [2.45, 2.75) is 26.1 Å². The van der Waals surface area contributed by atoms with Crippen LogP contribution in [0.25, 0.3) is 17.4 Å². The van der Waals surface area contributed by atoms with Crippen molar-refractivity contribution in [2.24, 2.45) is 4.99 Å². The Morgan fingerprint density at radius 2 is 1.92 bits per heavy atom. The van der Waals surface area contributed by atoms with E-state index < -0.39 is 29.3 Å². The Bertz CT molecular complexity index is 1780. The highest BCUT2D eigenvalue weighted by molar-refractivity contribution is 9.10. The number of ether oxygens (including phenoxy) is 1. The van der Waals surface area contributed by atoms with Crippen molar-refractivity contribution in [3.63, 3.8) is 0 Å². The SMILES string of the molecule is CCOC(=O)C1=C(C)N=c2s/c(=C\c3ccc(-c4cccc(C(F)(F)F)c4)o3)c(=O)n2C1c1ccc(Br)cc1. The molecule has 0 amide bonds. The number of esters is 1. The Kier molecular flexibility index (Phi) is 7.21. The Labute approximate surface area is 232 Å². The third kappa shape index (κ3) is 5.28. The second-order valence-corrected chi connectivity index (χ2v) is 10.6. The van der Waals surface area contributed by atoms with Gasteiger partial charge in [0.15, 0.2) is 4.80 Å². The van der Waals surface area contributed by atoms with E-state index in [-0.39, 0.29) is 29.3 Å². The monoisotopic (exact) mass is 616 g/mol. The number of rotatable bonds is 5. The lowest BCUT2D eigenvalue weighted by molar-refractivity contribution is -0.139. The predicted octanol–water partition coefficient (Wildman–Crippen LogP) is 5.84. The summed E-state index contributed by atoms with van der Waals surface area (Å²) in [6.45, 7) is 3.57. The first-order chi connectivity index (χ1) is 18.6. The molecular formula is C28H20BrF3N2O4S. The molecule has 200 valence electrons. The Morgan fingerprint density at radius 1 is 1.18 bits per heavy atom. The molecule has 2 aromatic heterocycles. The zero-order valence-electron chi connectivity index (χ0n) is 20.6. The Balaban J connectivity index is 1.60. The van der Waals surface area contributed by atoms with Crippen molar-refractivity contribution < 1.29 is 27.1 Å². The second kappa shape index (κ2) is 10.5. The molecule has 0 fully saturated rings. The van der Waals surface area contributed by atoms with Crippen LogP contribution in [0.3, 0.4) is 0 Å². The number of halogens is 4. The molecular weight excluding hydrogens is 597 g/mol. The van der Waals surface area contributed by atoms with Crippen molar-refractivity contribution in [2.75, 3.05) is 6.61 Å². The lowest BCUT2D eigenvalue weighted by atomic mass is 9.96. The summed E-state index contributed by atoms with van der Waals surface area (Å²) in [5, 5.41) is 0. The van der Waals surface area contributed by atoms with Gasteiger partial charge in [0.2, 0.25) is 0 Å². The van der Waals surface area contributed by atoms with Crippen LogP contribution in [0.5, 0.6) is 0 Å². The summed E-state index contributed by atoms with van der Waals surface area (Å²) in [6.07, 6.45) is -2.96. The highest BCUT2D eigenvalue weighted by atomic mass is 79.9. The van der Waals surface area contributed by atoms with E-state index in [2.05, 4.69) is 20.9 Å². The molecule has 1 aliphatic rings. The molecule has 1 atom stereocenters. The van der Waals surface area contributed by atoms with Gasteiger partial charge in [-0.05, 0) is 55.8 Å². The van der Waals surface area contributed by atoms with Crippen LogP contribution in [-0.2, 0) is 15.7 Å². The maximum absolute atomic E-state index is 13.7. The molecule has 5 rings (SSSR count). The molecule has 2 aromatic carbocycles. The number of hydrogen-bond donors (Lipinski definition) is 0. The lowest BCUT2D eigenvalue weighted by Gasteiger charge is -2.24. The topological polar surface area (TPSA) is 73.8 Å². The third-order valence-corrected chi connectivity index (χ3v) is 7.59. The minimum atomic E-state index is -4.48. The summed E-state index contributed by atoms with van der Waals surface area (Å²) in [5.74, 6) is -0.0415. The van der Waals surface area contributed by atoms with Gasteiger partial charge >= 0.3 is 12.1 Å². The van der Waals surface area contributed by atoms with Crippen LogP contribution in [0, 0.1) is 0 Å². The van der Waals surface area contributed by atoms with Gasteiger partial charge in [-0.1, -0.05) is 51.5 Å². The van der Waals surface area contributed by atoms with Crippen LogP contribution in [0.15, 0.2) is 90.6 Å². The zero-order chi connectivity index (χ0) is 27.9. The van der Waals surface area contributed by atoms with Crippen LogP contribution in [0.4, 0.5) is 13.2 Å². The van der Waals surface area contributed by atoms with Crippen molar-refractivity contribution in [1.29, 1.82) is 0 Å². The number of furan rings is 1. The van der Waals surface area contributed by atoms with Gasteiger partial charge in [0.05, 0.1) is 34.0 Å². The van der Waals surface area contributed by atoms with Crippen molar-refractivity contribution in [3.8, 4) is 11.3 Å². The van der Waals surface area contributed by atoms with E-state index >= 15 is 0 Å². The number of carbonyl (C=O) groups is 1. The molecule has 1 unspecified atom stereocenters. The number of alkyl halides is 3. The van der Waals surface area contributed by atoms with Gasteiger partial charge in [-0.2, -0.15) is 13.2 Å². The highest BCUT2D eigenvalue weighted by Crippen LogP contribution is 2.33. The Hall–Kier alpha value is -3.70. The molecule has 0 spiro atoms. The van der Waals surface area contributed by atoms with Gasteiger partial charge in [0.1, 0.15) is 11.5 Å². The van der Waals surface area contributed by atoms with Gasteiger partial charge in [0, 0.05) is 16.1 Å². The van der Waals surface area contributed by atoms with Crippen LogP contribution >= 0.6 is 27.3 Å². The van der Waals surface area contributed by atoms with Gasteiger partial charge in [-0.3, -0.25) is 9.36 Å². The molecule has 0 saturated carbocycles.